The van der Waals surface area contributed by atoms with E-state index in [-0.39, 0.29) is 28.6 Å². The second-order valence-corrected chi connectivity index (χ2v) is 9.71. The Kier molecular flexibility index (Phi) is 9.43. The first kappa shape index (κ1) is 24.1. The van der Waals surface area contributed by atoms with Crippen molar-refractivity contribution in [2.45, 2.75) is 74.1 Å². The summed E-state index contributed by atoms with van der Waals surface area (Å²) < 4.78 is 0. The van der Waals surface area contributed by atoms with Gasteiger partial charge in [-0.2, -0.15) is 0 Å². The zero-order chi connectivity index (χ0) is 20.7. The number of hydrogen-bond acceptors (Lipinski definition) is 4. The van der Waals surface area contributed by atoms with Crippen molar-refractivity contribution in [1.29, 1.82) is 0 Å². The summed E-state index contributed by atoms with van der Waals surface area (Å²) >= 11 is 0. The molecule has 0 spiro atoms. The SMILES string of the molecule is CCCN(CCC)CCNCCN1C(=O)CC(CC(C)(C)C(C)(C)C)C1=O. The Morgan fingerprint density at radius 2 is 1.59 bits per heavy atom. The normalized spacial score (nSPS) is 18.8. The molecule has 0 bridgehead atoms. The Bertz CT molecular complexity index is 476. The van der Waals surface area contributed by atoms with Gasteiger partial charge in [-0.05, 0) is 43.2 Å². The molecule has 1 aliphatic heterocycles. The van der Waals surface area contributed by atoms with Crippen LogP contribution in [-0.2, 0) is 9.59 Å². The van der Waals surface area contributed by atoms with Crippen molar-refractivity contribution in [2.24, 2.45) is 16.7 Å². The summed E-state index contributed by atoms with van der Waals surface area (Å²) in [6, 6.07) is 0. The molecule has 5 heteroatoms. The van der Waals surface area contributed by atoms with Crippen molar-refractivity contribution in [3.8, 4) is 0 Å². The first-order valence-corrected chi connectivity index (χ1v) is 10.8. The van der Waals surface area contributed by atoms with Gasteiger partial charge in [0.05, 0.1) is 0 Å². The second-order valence-electron chi connectivity index (χ2n) is 9.71. The van der Waals surface area contributed by atoms with E-state index < -0.39 is 0 Å². The molecule has 1 aliphatic rings. The molecule has 1 rings (SSSR count). The average molecular weight is 382 g/mol. The highest BCUT2D eigenvalue weighted by molar-refractivity contribution is 6.03. The number of nitrogens with one attached hydrogen (secondary N) is 1. The molecular weight excluding hydrogens is 338 g/mol. The summed E-state index contributed by atoms with van der Waals surface area (Å²) in [6.45, 7) is 20.8. The van der Waals surface area contributed by atoms with Crippen LogP contribution in [0.2, 0.25) is 0 Å². The van der Waals surface area contributed by atoms with Gasteiger partial charge < -0.3 is 10.2 Å². The second kappa shape index (κ2) is 10.6. The molecule has 1 saturated heterocycles. The van der Waals surface area contributed by atoms with Gasteiger partial charge in [0.1, 0.15) is 0 Å². The van der Waals surface area contributed by atoms with Crippen LogP contribution in [0.5, 0.6) is 0 Å². The van der Waals surface area contributed by atoms with Crippen molar-refractivity contribution < 1.29 is 9.59 Å². The van der Waals surface area contributed by atoms with E-state index in [9.17, 15) is 9.59 Å². The number of carbonyl (C=O) groups is 2. The van der Waals surface area contributed by atoms with Crippen LogP contribution in [0, 0.1) is 16.7 Å². The predicted octanol–water partition coefficient (Wildman–Crippen LogP) is 3.54. The van der Waals surface area contributed by atoms with Gasteiger partial charge in [-0.1, -0.05) is 48.5 Å². The molecule has 0 aliphatic carbocycles. The van der Waals surface area contributed by atoms with Gasteiger partial charge in [-0.25, -0.2) is 0 Å². The standard InChI is InChI=1S/C22H43N3O2/c1-8-12-24(13-9-2)14-10-23-11-15-25-19(26)16-18(20(25)27)17-22(6,7)21(3,4)5/h18,23H,8-17H2,1-7H3. The minimum Gasteiger partial charge on any atom is -0.314 e. The zero-order valence-corrected chi connectivity index (χ0v) is 18.9. The smallest absolute Gasteiger partial charge is 0.232 e. The van der Waals surface area contributed by atoms with Crippen LogP contribution in [0.1, 0.15) is 74.1 Å². The molecule has 0 saturated carbocycles. The molecule has 0 aromatic rings. The first-order chi connectivity index (χ1) is 12.5. The number of rotatable bonds is 12. The van der Waals surface area contributed by atoms with Crippen molar-refractivity contribution in [1.82, 2.24) is 15.1 Å². The molecule has 1 heterocycles. The fourth-order valence-electron chi connectivity index (χ4n) is 3.59. The van der Waals surface area contributed by atoms with Crippen LogP contribution in [-0.4, -0.2) is 60.9 Å². The maximum atomic E-state index is 12.7. The molecule has 0 radical (unpaired) electrons. The van der Waals surface area contributed by atoms with Gasteiger partial charge >= 0.3 is 0 Å². The molecule has 1 atom stereocenters. The Hall–Kier alpha value is -0.940. The fourth-order valence-corrected chi connectivity index (χ4v) is 3.59. The number of nitrogens with zero attached hydrogens (tertiary/aromatic N) is 2. The monoisotopic (exact) mass is 381 g/mol. The molecule has 158 valence electrons. The number of imide groups is 1. The molecule has 2 amide bonds. The Labute approximate surface area is 167 Å². The van der Waals surface area contributed by atoms with E-state index in [0.717, 1.165) is 32.6 Å². The average Bonchev–Trinajstić information content (AvgIpc) is 2.80. The predicted molar refractivity (Wildman–Crippen MR) is 113 cm³/mol. The summed E-state index contributed by atoms with van der Waals surface area (Å²) in [5.41, 5.74) is 0.123. The van der Waals surface area contributed by atoms with Crippen molar-refractivity contribution in [2.75, 3.05) is 39.3 Å². The minimum absolute atomic E-state index is 0.00454. The van der Waals surface area contributed by atoms with Gasteiger partial charge in [0, 0.05) is 38.5 Å². The van der Waals surface area contributed by atoms with E-state index in [0.29, 0.717) is 19.5 Å². The molecule has 1 N–H and O–H groups in total. The van der Waals surface area contributed by atoms with Crippen LogP contribution in [0.15, 0.2) is 0 Å². The number of carbonyl (C=O) groups excluding carboxylic acids is 2. The van der Waals surface area contributed by atoms with Crippen molar-refractivity contribution in [3.05, 3.63) is 0 Å². The van der Waals surface area contributed by atoms with Crippen molar-refractivity contribution in [3.63, 3.8) is 0 Å². The van der Waals surface area contributed by atoms with Crippen LogP contribution in [0.3, 0.4) is 0 Å². The van der Waals surface area contributed by atoms with E-state index in [1.54, 1.807) is 0 Å². The largest absolute Gasteiger partial charge is 0.314 e. The van der Waals surface area contributed by atoms with E-state index in [1.165, 1.54) is 17.7 Å². The zero-order valence-electron chi connectivity index (χ0n) is 18.9. The summed E-state index contributed by atoms with van der Waals surface area (Å²) in [7, 11) is 0. The van der Waals surface area contributed by atoms with Crippen LogP contribution >= 0.6 is 0 Å². The van der Waals surface area contributed by atoms with E-state index in [2.05, 4.69) is 58.7 Å². The van der Waals surface area contributed by atoms with Crippen LogP contribution in [0.25, 0.3) is 0 Å². The maximum absolute atomic E-state index is 12.7. The third kappa shape index (κ3) is 7.19. The van der Waals surface area contributed by atoms with Crippen molar-refractivity contribution >= 4 is 11.8 Å². The number of hydrogen-bond donors (Lipinski definition) is 1. The Balaban J connectivity index is 2.42. The highest BCUT2D eigenvalue weighted by atomic mass is 16.2. The molecule has 0 aromatic carbocycles. The lowest BCUT2D eigenvalue weighted by Crippen LogP contribution is -2.40. The number of likely N-dealkylation sites (tertiary alicyclic amines) is 1. The van der Waals surface area contributed by atoms with E-state index in [4.69, 9.17) is 0 Å². The summed E-state index contributed by atoms with van der Waals surface area (Å²) in [5.74, 6) is -0.135. The molecule has 5 nitrogen and oxygen atoms in total. The van der Waals surface area contributed by atoms with Gasteiger partial charge in [-0.15, -0.1) is 0 Å². The topological polar surface area (TPSA) is 52.6 Å². The first-order valence-electron chi connectivity index (χ1n) is 10.8. The van der Waals surface area contributed by atoms with Gasteiger partial charge in [-0.3, -0.25) is 14.5 Å². The van der Waals surface area contributed by atoms with Gasteiger partial charge in [0.2, 0.25) is 11.8 Å². The highest BCUT2D eigenvalue weighted by Gasteiger charge is 2.43. The minimum atomic E-state index is -0.156. The van der Waals surface area contributed by atoms with E-state index in [1.807, 2.05) is 0 Å². The Morgan fingerprint density at radius 1 is 1.00 bits per heavy atom. The molecular formula is C22H43N3O2. The molecule has 0 aromatic heterocycles. The van der Waals surface area contributed by atoms with E-state index >= 15 is 0 Å². The van der Waals surface area contributed by atoms with Gasteiger partial charge in [0.25, 0.3) is 0 Å². The lowest BCUT2D eigenvalue weighted by Gasteiger charge is -2.40. The summed E-state index contributed by atoms with van der Waals surface area (Å²) in [6.07, 6.45) is 3.49. The maximum Gasteiger partial charge on any atom is 0.232 e. The lowest BCUT2D eigenvalue weighted by atomic mass is 9.65. The summed E-state index contributed by atoms with van der Waals surface area (Å²) in [5, 5.41) is 3.40. The number of amides is 2. The van der Waals surface area contributed by atoms with Crippen LogP contribution in [0.4, 0.5) is 0 Å². The molecule has 27 heavy (non-hydrogen) atoms. The molecule has 1 fully saturated rings. The summed E-state index contributed by atoms with van der Waals surface area (Å²) in [4.78, 5) is 29.0. The highest BCUT2D eigenvalue weighted by Crippen LogP contribution is 2.44. The lowest BCUT2D eigenvalue weighted by molar-refractivity contribution is -0.139. The Morgan fingerprint density at radius 3 is 2.11 bits per heavy atom. The third-order valence-corrected chi connectivity index (χ3v) is 6.32. The van der Waals surface area contributed by atoms with Gasteiger partial charge in [0.15, 0.2) is 0 Å². The third-order valence-electron chi connectivity index (χ3n) is 6.32. The fraction of sp³-hybridized carbons (Fsp3) is 0.909. The molecule has 1 unspecified atom stereocenters. The quantitative estimate of drug-likeness (QED) is 0.415. The van der Waals surface area contributed by atoms with Crippen LogP contribution < -0.4 is 5.32 Å².